The highest BCUT2D eigenvalue weighted by molar-refractivity contribution is 6.21. The molecule has 0 bridgehead atoms. The number of methoxy groups -OCH3 is 1. The van der Waals surface area contributed by atoms with Crippen molar-refractivity contribution in [1.29, 1.82) is 0 Å². The van der Waals surface area contributed by atoms with Crippen LogP contribution in [0.2, 0.25) is 0 Å². The van der Waals surface area contributed by atoms with E-state index in [0.717, 1.165) is 25.7 Å². The largest absolute Gasteiger partial charge is 0.469 e. The van der Waals surface area contributed by atoms with Crippen molar-refractivity contribution in [1.82, 2.24) is 0 Å². The minimum Gasteiger partial charge on any atom is -0.469 e. The Labute approximate surface area is 119 Å². The minimum atomic E-state index is -0.629. The number of allylic oxidation sites excluding steroid dienone is 2. The zero-order valence-corrected chi connectivity index (χ0v) is 12.1. The van der Waals surface area contributed by atoms with E-state index in [0.29, 0.717) is 12.3 Å². The number of carbonyl (C=O) groups is 1. The molecule has 0 aliphatic heterocycles. The zero-order valence-electron chi connectivity index (χ0n) is 11.3. The predicted molar refractivity (Wildman–Crippen MR) is 74.0 cm³/mol. The fourth-order valence-corrected chi connectivity index (χ4v) is 2.61. The SMILES string of the molecule is COC(=O)CCC/C=C\CC(Cl)[C@@H]1C[C@H]1[C@H](O)CO. The highest BCUT2D eigenvalue weighted by Gasteiger charge is 2.45. The van der Waals surface area contributed by atoms with Crippen molar-refractivity contribution in [3.05, 3.63) is 12.2 Å². The molecule has 1 fully saturated rings. The van der Waals surface area contributed by atoms with Crippen LogP contribution in [0.5, 0.6) is 0 Å². The van der Waals surface area contributed by atoms with Crippen LogP contribution < -0.4 is 0 Å². The maximum Gasteiger partial charge on any atom is 0.305 e. The monoisotopic (exact) mass is 290 g/mol. The van der Waals surface area contributed by atoms with Gasteiger partial charge in [-0.05, 0) is 37.5 Å². The Kier molecular flexibility index (Phi) is 7.42. The molecule has 0 radical (unpaired) electrons. The van der Waals surface area contributed by atoms with E-state index in [1.54, 1.807) is 0 Å². The van der Waals surface area contributed by atoms with Crippen molar-refractivity contribution in [2.45, 2.75) is 43.6 Å². The van der Waals surface area contributed by atoms with Gasteiger partial charge in [-0.3, -0.25) is 4.79 Å². The predicted octanol–water partition coefficient (Wildman–Crippen LogP) is 1.87. The summed E-state index contributed by atoms with van der Waals surface area (Å²) < 4.78 is 4.55. The van der Waals surface area contributed by atoms with Gasteiger partial charge in [0.25, 0.3) is 0 Å². The molecule has 2 N–H and O–H groups in total. The molecule has 110 valence electrons. The van der Waals surface area contributed by atoms with Crippen LogP contribution in [0, 0.1) is 11.8 Å². The van der Waals surface area contributed by atoms with Crippen LogP contribution in [0.15, 0.2) is 12.2 Å². The second-order valence-corrected chi connectivity index (χ2v) is 5.57. The number of aliphatic hydroxyl groups excluding tert-OH is 2. The number of esters is 1. The van der Waals surface area contributed by atoms with Crippen LogP contribution in [0.3, 0.4) is 0 Å². The van der Waals surface area contributed by atoms with Crippen molar-refractivity contribution >= 4 is 17.6 Å². The van der Waals surface area contributed by atoms with Gasteiger partial charge in [-0.25, -0.2) is 0 Å². The van der Waals surface area contributed by atoms with Gasteiger partial charge in [0.1, 0.15) is 0 Å². The third kappa shape index (κ3) is 5.93. The average molecular weight is 291 g/mol. The molecule has 0 aromatic heterocycles. The highest BCUT2D eigenvalue weighted by Crippen LogP contribution is 2.46. The quantitative estimate of drug-likeness (QED) is 0.294. The standard InChI is InChI=1S/C14H23ClO4/c1-19-14(18)7-5-3-2-4-6-12(15)10-8-11(10)13(17)9-16/h2,4,10-13,16-17H,3,5-9H2,1H3/b4-2-/t10-,11-,12?,13-/m1/s1. The molecule has 1 saturated carbocycles. The molecule has 1 unspecified atom stereocenters. The molecular weight excluding hydrogens is 268 g/mol. The molecule has 19 heavy (non-hydrogen) atoms. The normalized spacial score (nSPS) is 25.3. The summed E-state index contributed by atoms with van der Waals surface area (Å²) in [5, 5.41) is 18.3. The Morgan fingerprint density at radius 2 is 2.21 bits per heavy atom. The third-order valence-corrected chi connectivity index (χ3v) is 4.05. The van der Waals surface area contributed by atoms with E-state index >= 15 is 0 Å². The van der Waals surface area contributed by atoms with E-state index in [9.17, 15) is 9.90 Å². The number of halogens is 1. The first-order chi connectivity index (χ1) is 9.10. The molecule has 0 amide bonds. The number of unbranched alkanes of at least 4 members (excludes halogenated alkanes) is 1. The van der Waals surface area contributed by atoms with Crippen molar-refractivity contribution in [3.8, 4) is 0 Å². The lowest BCUT2D eigenvalue weighted by Crippen LogP contribution is -2.17. The van der Waals surface area contributed by atoms with Gasteiger partial charge in [-0.1, -0.05) is 12.2 Å². The summed E-state index contributed by atoms with van der Waals surface area (Å²) in [4.78, 5) is 10.9. The molecule has 1 aliphatic rings. The Balaban J connectivity index is 2.07. The molecule has 4 nitrogen and oxygen atoms in total. The molecule has 0 aromatic rings. The van der Waals surface area contributed by atoms with Crippen LogP contribution >= 0.6 is 11.6 Å². The molecule has 4 atom stereocenters. The lowest BCUT2D eigenvalue weighted by Gasteiger charge is -2.09. The van der Waals surface area contributed by atoms with E-state index in [2.05, 4.69) is 4.74 Å². The van der Waals surface area contributed by atoms with Crippen LogP contribution in [0.4, 0.5) is 0 Å². The van der Waals surface area contributed by atoms with Crippen LogP contribution in [0.25, 0.3) is 0 Å². The Hall–Kier alpha value is -0.580. The van der Waals surface area contributed by atoms with Gasteiger partial charge in [-0.2, -0.15) is 0 Å². The summed E-state index contributed by atoms with van der Waals surface area (Å²) in [6, 6.07) is 0. The fourth-order valence-electron chi connectivity index (χ4n) is 2.21. The van der Waals surface area contributed by atoms with Gasteiger partial charge in [-0.15, -0.1) is 11.6 Å². The Morgan fingerprint density at radius 1 is 1.47 bits per heavy atom. The molecular formula is C14H23ClO4. The van der Waals surface area contributed by atoms with Crippen LogP contribution in [-0.4, -0.2) is 41.4 Å². The van der Waals surface area contributed by atoms with E-state index in [1.807, 2.05) is 12.2 Å². The first-order valence-electron chi connectivity index (χ1n) is 6.75. The number of rotatable bonds is 9. The summed E-state index contributed by atoms with van der Waals surface area (Å²) in [5.74, 6) is 0.284. The molecule has 0 heterocycles. The van der Waals surface area contributed by atoms with E-state index in [4.69, 9.17) is 16.7 Å². The van der Waals surface area contributed by atoms with E-state index in [1.165, 1.54) is 7.11 Å². The lowest BCUT2D eigenvalue weighted by atomic mass is 10.1. The van der Waals surface area contributed by atoms with Crippen molar-refractivity contribution < 1.29 is 19.7 Å². The maximum absolute atomic E-state index is 10.9. The summed E-state index contributed by atoms with van der Waals surface area (Å²) in [6.45, 7) is -0.186. The first-order valence-corrected chi connectivity index (χ1v) is 7.18. The average Bonchev–Trinajstić information content (AvgIpc) is 3.21. The molecule has 0 spiro atoms. The molecule has 0 saturated heterocycles. The molecule has 1 rings (SSSR count). The van der Waals surface area contributed by atoms with Gasteiger partial charge in [0, 0.05) is 11.8 Å². The number of hydrogen-bond acceptors (Lipinski definition) is 4. The van der Waals surface area contributed by atoms with Crippen LogP contribution in [0.1, 0.15) is 32.1 Å². The topological polar surface area (TPSA) is 66.8 Å². The zero-order chi connectivity index (χ0) is 14.3. The van der Waals surface area contributed by atoms with E-state index in [-0.39, 0.29) is 23.9 Å². The van der Waals surface area contributed by atoms with Gasteiger partial charge in [0.05, 0.1) is 19.8 Å². The minimum absolute atomic E-state index is 0.0167. The smallest absolute Gasteiger partial charge is 0.305 e. The number of carbonyl (C=O) groups excluding carboxylic acids is 1. The summed E-state index contributed by atoms with van der Waals surface area (Å²) in [5.41, 5.74) is 0. The van der Waals surface area contributed by atoms with Crippen molar-refractivity contribution in [2.24, 2.45) is 11.8 Å². The second-order valence-electron chi connectivity index (χ2n) is 5.00. The third-order valence-electron chi connectivity index (χ3n) is 3.54. The van der Waals surface area contributed by atoms with Gasteiger partial charge < -0.3 is 14.9 Å². The fraction of sp³-hybridized carbons (Fsp3) is 0.786. The lowest BCUT2D eigenvalue weighted by molar-refractivity contribution is -0.140. The van der Waals surface area contributed by atoms with Gasteiger partial charge in [0.15, 0.2) is 0 Å². The van der Waals surface area contributed by atoms with Gasteiger partial charge in [0.2, 0.25) is 0 Å². The molecule has 0 aromatic carbocycles. The number of aliphatic hydroxyl groups is 2. The molecule has 5 heteroatoms. The van der Waals surface area contributed by atoms with Crippen molar-refractivity contribution in [3.63, 3.8) is 0 Å². The van der Waals surface area contributed by atoms with E-state index < -0.39 is 6.10 Å². The van der Waals surface area contributed by atoms with Crippen LogP contribution in [-0.2, 0) is 9.53 Å². The second kappa shape index (κ2) is 8.56. The maximum atomic E-state index is 10.9. The number of alkyl halides is 1. The number of hydrogen-bond donors (Lipinski definition) is 2. The first kappa shape index (κ1) is 16.5. The van der Waals surface area contributed by atoms with Crippen molar-refractivity contribution in [2.75, 3.05) is 13.7 Å². The Bertz CT molecular complexity index is 306. The highest BCUT2D eigenvalue weighted by atomic mass is 35.5. The summed E-state index contributed by atoms with van der Waals surface area (Å²) in [7, 11) is 1.39. The number of ether oxygens (including phenoxy) is 1. The summed E-state index contributed by atoms with van der Waals surface area (Å²) >= 11 is 6.24. The molecule has 1 aliphatic carbocycles. The van der Waals surface area contributed by atoms with Gasteiger partial charge >= 0.3 is 5.97 Å². The Morgan fingerprint density at radius 3 is 2.84 bits per heavy atom. The summed E-state index contributed by atoms with van der Waals surface area (Å²) in [6.07, 6.45) is 7.14.